The lowest BCUT2D eigenvalue weighted by Gasteiger charge is -2.21. The average molecular weight is 233 g/mol. The van der Waals surface area contributed by atoms with Crippen LogP contribution in [0.4, 0.5) is 8.78 Å². The number of hydrogen-bond donors (Lipinski definition) is 1. The van der Waals surface area contributed by atoms with E-state index in [2.05, 4.69) is 5.32 Å². The highest BCUT2D eigenvalue weighted by atomic mass is 19.3. The largest absolute Gasteiger partial charge is 0.368 e. The van der Waals surface area contributed by atoms with E-state index in [9.17, 15) is 13.6 Å². The second-order valence-electron chi connectivity index (χ2n) is 3.89. The molecule has 1 unspecified atom stereocenters. The fourth-order valence-corrected chi connectivity index (χ4v) is 1.55. The van der Waals surface area contributed by atoms with Gasteiger partial charge in [0.2, 0.25) is 5.91 Å². The van der Waals surface area contributed by atoms with Gasteiger partial charge in [0.1, 0.15) is 6.61 Å². The summed E-state index contributed by atoms with van der Waals surface area (Å²) in [6, 6.07) is 0. The third-order valence-electron chi connectivity index (χ3n) is 2.55. The van der Waals surface area contributed by atoms with E-state index in [0.717, 1.165) is 6.08 Å². The van der Waals surface area contributed by atoms with Gasteiger partial charge in [0.05, 0.1) is 6.10 Å². The van der Waals surface area contributed by atoms with E-state index in [0.29, 0.717) is 12.8 Å². The minimum Gasteiger partial charge on any atom is -0.368 e. The van der Waals surface area contributed by atoms with Crippen molar-refractivity contribution in [2.75, 3.05) is 13.7 Å². The fraction of sp³-hybridized carbons (Fsp3) is 0.727. The number of carbonyl (C=O) groups is 1. The zero-order valence-corrected chi connectivity index (χ0v) is 9.34. The summed E-state index contributed by atoms with van der Waals surface area (Å²) in [5.74, 6) is -2.97. The maximum Gasteiger partial charge on any atom is 0.266 e. The summed E-state index contributed by atoms with van der Waals surface area (Å²) in [6.07, 6.45) is 3.50. The van der Waals surface area contributed by atoms with E-state index >= 15 is 0 Å². The smallest absolute Gasteiger partial charge is 0.266 e. The Morgan fingerprint density at radius 2 is 2.31 bits per heavy atom. The van der Waals surface area contributed by atoms with E-state index in [-0.39, 0.29) is 31.5 Å². The van der Waals surface area contributed by atoms with Gasteiger partial charge in [0.25, 0.3) is 5.92 Å². The number of allylic oxidation sites excluding steroid dienone is 2. The van der Waals surface area contributed by atoms with Gasteiger partial charge in [-0.05, 0) is 25.3 Å². The molecule has 0 saturated carbocycles. The topological polar surface area (TPSA) is 38.3 Å². The molecule has 0 fully saturated rings. The predicted molar refractivity (Wildman–Crippen MR) is 56.4 cm³/mol. The third-order valence-corrected chi connectivity index (χ3v) is 2.55. The second-order valence-corrected chi connectivity index (χ2v) is 3.89. The van der Waals surface area contributed by atoms with Crippen LogP contribution in [0.1, 0.15) is 25.7 Å². The van der Waals surface area contributed by atoms with Gasteiger partial charge in [0.15, 0.2) is 0 Å². The summed E-state index contributed by atoms with van der Waals surface area (Å²) in [7, 11) is 1.51. The summed E-state index contributed by atoms with van der Waals surface area (Å²) >= 11 is 0. The molecule has 1 aliphatic rings. The van der Waals surface area contributed by atoms with Gasteiger partial charge in [-0.25, -0.2) is 8.78 Å². The Balaban J connectivity index is 2.38. The Labute approximate surface area is 93.8 Å². The van der Waals surface area contributed by atoms with E-state index in [1.807, 2.05) is 0 Å². The van der Waals surface area contributed by atoms with Gasteiger partial charge in [-0.3, -0.25) is 4.79 Å². The number of nitrogens with one attached hydrogen (secondary N) is 1. The van der Waals surface area contributed by atoms with Crippen molar-refractivity contribution in [1.29, 1.82) is 0 Å². The molecule has 1 aliphatic carbocycles. The van der Waals surface area contributed by atoms with Crippen LogP contribution in [0.5, 0.6) is 0 Å². The molecule has 0 bridgehead atoms. The minimum absolute atomic E-state index is 0.0591. The molecule has 3 nitrogen and oxygen atoms in total. The Hall–Kier alpha value is -0.970. The molecule has 92 valence electrons. The van der Waals surface area contributed by atoms with Crippen LogP contribution in [-0.2, 0) is 9.53 Å². The molecule has 0 aromatic heterocycles. The highest BCUT2D eigenvalue weighted by Crippen LogP contribution is 2.27. The first-order chi connectivity index (χ1) is 7.53. The van der Waals surface area contributed by atoms with Gasteiger partial charge in [-0.1, -0.05) is 6.08 Å². The highest BCUT2D eigenvalue weighted by molar-refractivity contribution is 5.76. The Kier molecular flexibility index (Phi) is 4.86. The van der Waals surface area contributed by atoms with Gasteiger partial charge in [0, 0.05) is 13.5 Å². The predicted octanol–water partition coefficient (Wildman–Crippen LogP) is 1.88. The first-order valence-corrected chi connectivity index (χ1v) is 5.41. The zero-order valence-electron chi connectivity index (χ0n) is 9.34. The van der Waals surface area contributed by atoms with Crippen molar-refractivity contribution in [2.24, 2.45) is 0 Å². The Morgan fingerprint density at radius 3 is 3.00 bits per heavy atom. The molecule has 1 rings (SSSR count). The molecular weight excluding hydrogens is 216 g/mol. The highest BCUT2D eigenvalue weighted by Gasteiger charge is 2.27. The number of rotatable bonds is 3. The van der Waals surface area contributed by atoms with E-state index < -0.39 is 5.92 Å². The van der Waals surface area contributed by atoms with E-state index in [4.69, 9.17) is 4.74 Å². The van der Waals surface area contributed by atoms with E-state index in [1.54, 1.807) is 0 Å². The van der Waals surface area contributed by atoms with Gasteiger partial charge < -0.3 is 10.1 Å². The number of likely N-dealkylation sites (N-methyl/N-ethyl adjacent to an activating group) is 1. The van der Waals surface area contributed by atoms with Gasteiger partial charge in [-0.15, -0.1) is 0 Å². The van der Waals surface area contributed by atoms with Crippen molar-refractivity contribution in [2.45, 2.75) is 37.7 Å². The maximum absolute atomic E-state index is 13.1. The standard InChI is InChI=1S/C11H17F2NO2/c1-14-10(15)8-16-9-4-2-3-6-11(12,13)7-5-9/h3,6,9H,2,4-5,7-8H2,1H3,(H,14,15). The van der Waals surface area contributed by atoms with Crippen molar-refractivity contribution < 1.29 is 18.3 Å². The number of ether oxygens (including phenoxy) is 1. The molecule has 1 amide bonds. The number of hydrogen-bond acceptors (Lipinski definition) is 2. The van der Waals surface area contributed by atoms with Gasteiger partial charge >= 0.3 is 0 Å². The molecule has 0 aromatic rings. The van der Waals surface area contributed by atoms with Crippen LogP contribution >= 0.6 is 0 Å². The van der Waals surface area contributed by atoms with Crippen LogP contribution in [-0.4, -0.2) is 31.6 Å². The minimum atomic E-state index is -2.74. The lowest BCUT2D eigenvalue weighted by Crippen LogP contribution is -2.28. The molecule has 16 heavy (non-hydrogen) atoms. The molecule has 0 aliphatic heterocycles. The number of carbonyl (C=O) groups excluding carboxylic acids is 1. The normalized spacial score (nSPS) is 24.6. The molecule has 5 heteroatoms. The first kappa shape index (κ1) is 13.1. The quantitative estimate of drug-likeness (QED) is 0.756. The molecule has 0 spiro atoms. The molecule has 0 radical (unpaired) electrons. The number of alkyl halides is 2. The Bertz CT molecular complexity index is 267. The lowest BCUT2D eigenvalue weighted by atomic mass is 10.0. The first-order valence-electron chi connectivity index (χ1n) is 5.41. The molecule has 0 saturated heterocycles. The second kappa shape index (κ2) is 5.94. The van der Waals surface area contributed by atoms with Crippen LogP contribution in [0.15, 0.2) is 12.2 Å². The average Bonchev–Trinajstić information content (AvgIpc) is 2.23. The van der Waals surface area contributed by atoms with Crippen molar-refractivity contribution >= 4 is 5.91 Å². The van der Waals surface area contributed by atoms with Crippen molar-refractivity contribution in [3.05, 3.63) is 12.2 Å². The maximum atomic E-state index is 13.1. The molecule has 1 N–H and O–H groups in total. The van der Waals surface area contributed by atoms with Crippen LogP contribution < -0.4 is 5.32 Å². The Morgan fingerprint density at radius 1 is 1.56 bits per heavy atom. The zero-order chi connectivity index (χ0) is 12.0. The monoisotopic (exact) mass is 233 g/mol. The molecular formula is C11H17F2NO2. The molecule has 0 aromatic carbocycles. The summed E-state index contributed by atoms with van der Waals surface area (Å²) in [5, 5.41) is 2.42. The van der Waals surface area contributed by atoms with Crippen LogP contribution in [0.3, 0.4) is 0 Å². The molecule has 1 atom stereocenters. The van der Waals surface area contributed by atoms with Crippen LogP contribution in [0.2, 0.25) is 0 Å². The summed E-state index contributed by atoms with van der Waals surface area (Å²) in [4.78, 5) is 10.9. The van der Waals surface area contributed by atoms with Gasteiger partial charge in [-0.2, -0.15) is 0 Å². The number of amides is 1. The summed E-state index contributed by atoms with van der Waals surface area (Å²) in [6.45, 7) is -0.0591. The van der Waals surface area contributed by atoms with Crippen LogP contribution in [0, 0.1) is 0 Å². The van der Waals surface area contributed by atoms with Crippen molar-refractivity contribution in [1.82, 2.24) is 5.32 Å². The summed E-state index contributed by atoms with van der Waals surface area (Å²) < 4.78 is 31.4. The van der Waals surface area contributed by atoms with Crippen molar-refractivity contribution in [3.63, 3.8) is 0 Å². The lowest BCUT2D eigenvalue weighted by molar-refractivity contribution is -0.127. The SMILES string of the molecule is CNC(=O)COC1CCC=CC(F)(F)CC1. The number of halogens is 2. The molecule has 0 heterocycles. The summed E-state index contributed by atoms with van der Waals surface area (Å²) in [5.41, 5.74) is 0. The third kappa shape index (κ3) is 4.70. The van der Waals surface area contributed by atoms with E-state index in [1.165, 1.54) is 13.1 Å². The van der Waals surface area contributed by atoms with Crippen LogP contribution in [0.25, 0.3) is 0 Å². The van der Waals surface area contributed by atoms with Crippen molar-refractivity contribution in [3.8, 4) is 0 Å². The fourth-order valence-electron chi connectivity index (χ4n) is 1.55.